The highest BCUT2D eigenvalue weighted by atomic mass is 79.9. The Labute approximate surface area is 289 Å². The van der Waals surface area contributed by atoms with Gasteiger partial charge in [0.15, 0.2) is 0 Å². The summed E-state index contributed by atoms with van der Waals surface area (Å²) in [4.78, 5) is 2.37. The van der Waals surface area contributed by atoms with Crippen molar-refractivity contribution < 1.29 is 0 Å². The Hall–Kier alpha value is -5.38. The van der Waals surface area contributed by atoms with Gasteiger partial charge in [0.05, 0.1) is 11.0 Å². The molecule has 0 aliphatic heterocycles. The van der Waals surface area contributed by atoms with Crippen LogP contribution in [0.5, 0.6) is 0 Å². The summed E-state index contributed by atoms with van der Waals surface area (Å²) < 4.78 is 3.43. The van der Waals surface area contributed by atoms with Gasteiger partial charge < -0.3 is 9.47 Å². The van der Waals surface area contributed by atoms with E-state index in [1.54, 1.807) is 0 Å². The molecular formula is C45H33BrN2. The van der Waals surface area contributed by atoms with Crippen LogP contribution in [0.4, 0.5) is 17.1 Å². The predicted molar refractivity (Wildman–Crippen MR) is 206 cm³/mol. The highest BCUT2D eigenvalue weighted by molar-refractivity contribution is 9.10. The molecule has 0 saturated carbocycles. The summed E-state index contributed by atoms with van der Waals surface area (Å²) in [6.07, 6.45) is 0. The van der Waals surface area contributed by atoms with E-state index in [0.29, 0.717) is 0 Å². The van der Waals surface area contributed by atoms with E-state index in [9.17, 15) is 0 Å². The fourth-order valence-electron chi connectivity index (χ4n) is 7.68. The van der Waals surface area contributed by atoms with Gasteiger partial charge in [-0.25, -0.2) is 0 Å². The summed E-state index contributed by atoms with van der Waals surface area (Å²) in [5.74, 6) is 0. The molecule has 0 bridgehead atoms. The van der Waals surface area contributed by atoms with Crippen LogP contribution < -0.4 is 4.90 Å². The van der Waals surface area contributed by atoms with Crippen molar-refractivity contribution in [2.45, 2.75) is 19.3 Å². The average Bonchev–Trinajstić information content (AvgIpc) is 3.58. The number of nitrogens with zero attached hydrogens (tertiary/aromatic N) is 2. The number of fused-ring (bicyclic) bond motifs is 6. The first-order chi connectivity index (χ1) is 23.5. The zero-order valence-electron chi connectivity index (χ0n) is 26.9. The zero-order valence-corrected chi connectivity index (χ0v) is 28.4. The summed E-state index contributed by atoms with van der Waals surface area (Å²) in [6.45, 7) is 4.68. The molecule has 0 N–H and O–H groups in total. The molecule has 0 amide bonds. The van der Waals surface area contributed by atoms with Gasteiger partial charge in [0.1, 0.15) is 0 Å². The third kappa shape index (κ3) is 4.53. The Morgan fingerprint density at radius 3 is 1.88 bits per heavy atom. The van der Waals surface area contributed by atoms with E-state index in [4.69, 9.17) is 0 Å². The molecule has 0 radical (unpaired) electrons. The van der Waals surface area contributed by atoms with Crippen LogP contribution in [0.1, 0.15) is 25.0 Å². The number of benzene rings is 7. The molecule has 1 aromatic heterocycles. The normalized spacial score (nSPS) is 13.1. The third-order valence-electron chi connectivity index (χ3n) is 10.1. The monoisotopic (exact) mass is 680 g/mol. The van der Waals surface area contributed by atoms with Gasteiger partial charge in [-0.1, -0.05) is 115 Å². The first kappa shape index (κ1) is 28.8. The average molecular weight is 682 g/mol. The van der Waals surface area contributed by atoms with E-state index < -0.39 is 0 Å². The Bertz CT molecular complexity index is 2470. The lowest BCUT2D eigenvalue weighted by molar-refractivity contribution is 0.660. The molecular weight excluding hydrogens is 648 g/mol. The van der Waals surface area contributed by atoms with Gasteiger partial charge in [-0.3, -0.25) is 0 Å². The molecule has 1 aliphatic carbocycles. The van der Waals surface area contributed by atoms with Gasteiger partial charge in [-0.2, -0.15) is 0 Å². The molecule has 0 spiro atoms. The Morgan fingerprint density at radius 2 is 1.08 bits per heavy atom. The summed E-state index contributed by atoms with van der Waals surface area (Å²) in [6, 6.07) is 59.6. The van der Waals surface area contributed by atoms with E-state index in [-0.39, 0.29) is 5.41 Å². The van der Waals surface area contributed by atoms with Gasteiger partial charge in [0.2, 0.25) is 0 Å². The summed E-state index contributed by atoms with van der Waals surface area (Å²) >= 11 is 3.64. The van der Waals surface area contributed by atoms with Crippen LogP contribution in [-0.4, -0.2) is 4.57 Å². The quantitative estimate of drug-likeness (QED) is 0.176. The molecule has 2 nitrogen and oxygen atoms in total. The molecule has 48 heavy (non-hydrogen) atoms. The molecule has 8 aromatic rings. The molecule has 1 heterocycles. The van der Waals surface area contributed by atoms with Crippen molar-refractivity contribution >= 4 is 54.8 Å². The van der Waals surface area contributed by atoms with Crippen LogP contribution in [0, 0.1) is 0 Å². The summed E-state index contributed by atoms with van der Waals surface area (Å²) in [5.41, 5.74) is 14.8. The second-order valence-corrected chi connectivity index (χ2v) is 14.1. The maximum Gasteiger partial charge on any atom is 0.0541 e. The number of anilines is 3. The molecule has 1 aliphatic rings. The minimum Gasteiger partial charge on any atom is -0.310 e. The van der Waals surface area contributed by atoms with Crippen LogP contribution in [0.2, 0.25) is 0 Å². The number of para-hydroxylation sites is 2. The molecule has 9 rings (SSSR count). The van der Waals surface area contributed by atoms with Crippen molar-refractivity contribution in [1.29, 1.82) is 0 Å². The maximum atomic E-state index is 3.64. The topological polar surface area (TPSA) is 8.17 Å². The van der Waals surface area contributed by atoms with E-state index >= 15 is 0 Å². The van der Waals surface area contributed by atoms with Crippen LogP contribution in [0.3, 0.4) is 0 Å². The lowest BCUT2D eigenvalue weighted by Gasteiger charge is -2.28. The Morgan fingerprint density at radius 1 is 0.479 bits per heavy atom. The highest BCUT2D eigenvalue weighted by Crippen LogP contribution is 2.50. The SMILES string of the molecule is CC1(C)c2ccccc2-c2ccc(N(c3ccc(Br)cc3)c3ccc(-c4ccc5c(c4)c4ccccc4n5-c4ccccc4)cc3)cc21. The van der Waals surface area contributed by atoms with Gasteiger partial charge in [0.25, 0.3) is 0 Å². The van der Waals surface area contributed by atoms with E-state index in [1.165, 1.54) is 60.9 Å². The summed E-state index contributed by atoms with van der Waals surface area (Å²) in [7, 11) is 0. The fraction of sp³-hybridized carbons (Fsp3) is 0.0667. The molecule has 7 aromatic carbocycles. The predicted octanol–water partition coefficient (Wildman–Crippen LogP) is 13.0. The van der Waals surface area contributed by atoms with Gasteiger partial charge in [-0.15, -0.1) is 0 Å². The first-order valence-electron chi connectivity index (χ1n) is 16.5. The van der Waals surface area contributed by atoms with Crippen molar-refractivity contribution in [3.05, 3.63) is 179 Å². The Kier molecular flexibility index (Phi) is 6.67. The highest BCUT2D eigenvalue weighted by Gasteiger charge is 2.35. The van der Waals surface area contributed by atoms with Gasteiger partial charge in [0, 0.05) is 43.4 Å². The van der Waals surface area contributed by atoms with Crippen molar-refractivity contribution in [1.82, 2.24) is 4.57 Å². The molecule has 230 valence electrons. The standard InChI is InChI=1S/C45H33BrN2/c1-45(2)41-14-8-6-12-37(41)38-26-25-36(29-42(38)45)47(35-23-19-32(46)20-24-35)34-21-16-30(17-22-34)31-18-27-44-40(28-31)39-13-7-9-15-43(39)48(44)33-10-4-3-5-11-33/h3-29H,1-2H3. The van der Waals surface area contributed by atoms with Gasteiger partial charge >= 0.3 is 0 Å². The van der Waals surface area contributed by atoms with Crippen LogP contribution in [0.25, 0.3) is 49.7 Å². The molecule has 0 atom stereocenters. The van der Waals surface area contributed by atoms with Crippen LogP contribution in [0.15, 0.2) is 168 Å². The number of rotatable bonds is 5. The number of halogens is 1. The number of hydrogen-bond donors (Lipinski definition) is 0. The van der Waals surface area contributed by atoms with Crippen molar-refractivity contribution in [2.75, 3.05) is 4.90 Å². The molecule has 0 unspecified atom stereocenters. The van der Waals surface area contributed by atoms with Crippen molar-refractivity contribution in [3.63, 3.8) is 0 Å². The third-order valence-corrected chi connectivity index (χ3v) is 10.6. The fourth-order valence-corrected chi connectivity index (χ4v) is 7.94. The van der Waals surface area contributed by atoms with Crippen LogP contribution in [-0.2, 0) is 5.41 Å². The smallest absolute Gasteiger partial charge is 0.0541 e. The largest absolute Gasteiger partial charge is 0.310 e. The molecule has 0 fully saturated rings. The first-order valence-corrected chi connectivity index (χ1v) is 17.3. The second kappa shape index (κ2) is 11.1. The second-order valence-electron chi connectivity index (χ2n) is 13.2. The van der Waals surface area contributed by atoms with Crippen LogP contribution >= 0.6 is 15.9 Å². The lowest BCUT2D eigenvalue weighted by Crippen LogP contribution is -2.16. The van der Waals surface area contributed by atoms with Gasteiger partial charge in [-0.05, 0) is 112 Å². The summed E-state index contributed by atoms with van der Waals surface area (Å²) in [5, 5.41) is 2.52. The van der Waals surface area contributed by atoms with E-state index in [2.05, 4.69) is 203 Å². The zero-order chi connectivity index (χ0) is 32.4. The molecule has 0 saturated heterocycles. The number of aromatic nitrogens is 1. The van der Waals surface area contributed by atoms with E-state index in [1.807, 2.05) is 0 Å². The van der Waals surface area contributed by atoms with Crippen molar-refractivity contribution in [2.24, 2.45) is 0 Å². The molecule has 3 heteroatoms. The maximum absolute atomic E-state index is 3.64. The minimum atomic E-state index is -0.0700. The minimum absolute atomic E-state index is 0.0700. The van der Waals surface area contributed by atoms with Crippen molar-refractivity contribution in [3.8, 4) is 27.9 Å². The lowest BCUT2D eigenvalue weighted by atomic mass is 9.82. The van der Waals surface area contributed by atoms with E-state index in [0.717, 1.165) is 21.5 Å². The Balaban J connectivity index is 1.14. The number of hydrogen-bond acceptors (Lipinski definition) is 1.